The lowest BCUT2D eigenvalue weighted by Gasteiger charge is -2.22. The molecule has 0 aromatic rings. The summed E-state index contributed by atoms with van der Waals surface area (Å²) in [6, 6.07) is 0. The predicted molar refractivity (Wildman–Crippen MR) is 50.9 cm³/mol. The Labute approximate surface area is 88.7 Å². The summed E-state index contributed by atoms with van der Waals surface area (Å²) in [5.74, 6) is -0.978. The molecule has 0 amide bonds. The van der Waals surface area contributed by atoms with E-state index in [0.29, 0.717) is 6.42 Å². The minimum Gasteiger partial charge on any atom is -0.422 e. The van der Waals surface area contributed by atoms with E-state index in [1.54, 1.807) is 0 Å². The van der Waals surface area contributed by atoms with E-state index in [0.717, 1.165) is 0 Å². The molecule has 1 fully saturated rings. The zero-order valence-corrected chi connectivity index (χ0v) is 9.40. The van der Waals surface area contributed by atoms with Crippen LogP contribution in [0.25, 0.3) is 0 Å². The second-order valence-electron chi connectivity index (χ2n) is 3.62. The topological polar surface area (TPSA) is 65.1 Å². The second-order valence-corrected chi connectivity index (χ2v) is 3.62. The number of ether oxygens (including phenoxy) is 3. The van der Waals surface area contributed by atoms with Crippen molar-refractivity contribution in [1.82, 2.24) is 0 Å². The van der Waals surface area contributed by atoms with Gasteiger partial charge in [0.15, 0.2) is 5.60 Å². The largest absolute Gasteiger partial charge is 0.422 e. The molecule has 1 heterocycles. The van der Waals surface area contributed by atoms with Gasteiger partial charge in [0.25, 0.3) is 6.29 Å². The summed E-state index contributed by atoms with van der Waals surface area (Å²) in [6.07, 6.45) is -0.377. The molecule has 1 aliphatic rings. The summed E-state index contributed by atoms with van der Waals surface area (Å²) < 4.78 is 15.2. The van der Waals surface area contributed by atoms with Crippen LogP contribution in [0.4, 0.5) is 0 Å². The zero-order chi connectivity index (χ0) is 11.6. The normalized spacial score (nSPS) is 28.7. The number of carbonyl (C=O) groups excluding carboxylic acids is 2. The number of rotatable bonds is 4. The number of hydrogen-bond acceptors (Lipinski definition) is 5. The average Bonchev–Trinajstić information content (AvgIpc) is 2.75. The van der Waals surface area contributed by atoms with E-state index in [2.05, 4.69) is 0 Å². The Morgan fingerprint density at radius 3 is 1.93 bits per heavy atom. The molecule has 0 N–H and O–H groups in total. The van der Waals surface area contributed by atoms with Gasteiger partial charge in [0.05, 0.1) is 6.10 Å². The summed E-state index contributed by atoms with van der Waals surface area (Å²) in [6.45, 7) is 6.28. The van der Waals surface area contributed by atoms with Crippen LogP contribution in [-0.4, -0.2) is 29.9 Å². The van der Waals surface area contributed by atoms with Crippen LogP contribution in [0.5, 0.6) is 0 Å². The van der Waals surface area contributed by atoms with Crippen molar-refractivity contribution in [3.05, 3.63) is 0 Å². The van der Waals surface area contributed by atoms with Gasteiger partial charge in [-0.3, -0.25) is 9.59 Å². The first-order chi connectivity index (χ1) is 6.92. The summed E-state index contributed by atoms with van der Waals surface area (Å²) in [4.78, 5) is 21.7. The van der Waals surface area contributed by atoms with Gasteiger partial charge < -0.3 is 14.2 Å². The van der Waals surface area contributed by atoms with Crippen LogP contribution in [0.3, 0.4) is 0 Å². The Morgan fingerprint density at radius 1 is 1.33 bits per heavy atom. The van der Waals surface area contributed by atoms with Crippen molar-refractivity contribution < 1.29 is 23.8 Å². The smallest absolute Gasteiger partial charge is 0.305 e. The highest BCUT2D eigenvalue weighted by atomic mass is 16.8. The highest BCUT2D eigenvalue weighted by Gasteiger charge is 2.61. The van der Waals surface area contributed by atoms with Crippen molar-refractivity contribution >= 4 is 11.9 Å². The van der Waals surface area contributed by atoms with Gasteiger partial charge in [-0.05, 0) is 13.3 Å². The molecule has 0 aliphatic carbocycles. The summed E-state index contributed by atoms with van der Waals surface area (Å²) >= 11 is 0. The molecular formula is C10H16O5. The molecule has 5 heteroatoms. The van der Waals surface area contributed by atoms with Crippen molar-refractivity contribution in [3.63, 3.8) is 0 Å². The molecule has 0 spiro atoms. The molecule has 0 bridgehead atoms. The highest BCUT2D eigenvalue weighted by molar-refractivity contribution is 5.68. The molecule has 86 valence electrons. The van der Waals surface area contributed by atoms with Crippen LogP contribution in [0, 0.1) is 0 Å². The first kappa shape index (κ1) is 12.0. The van der Waals surface area contributed by atoms with Gasteiger partial charge in [-0.15, -0.1) is 0 Å². The van der Waals surface area contributed by atoms with Crippen molar-refractivity contribution in [2.75, 3.05) is 0 Å². The van der Waals surface area contributed by atoms with Crippen molar-refractivity contribution in [2.45, 2.75) is 52.1 Å². The highest BCUT2D eigenvalue weighted by Crippen LogP contribution is 2.44. The molecular weight excluding hydrogens is 200 g/mol. The fraction of sp³-hybridized carbons (Fsp3) is 0.800. The molecule has 0 aromatic carbocycles. The monoisotopic (exact) mass is 216 g/mol. The SMILES string of the molecule is CC[C@]1(C(OC(C)=O)OC(C)=O)O[C@H]1C. The van der Waals surface area contributed by atoms with E-state index in [-0.39, 0.29) is 6.10 Å². The minimum absolute atomic E-state index is 0.0637. The Balaban J connectivity index is 2.71. The molecule has 2 atom stereocenters. The van der Waals surface area contributed by atoms with E-state index >= 15 is 0 Å². The van der Waals surface area contributed by atoms with Gasteiger partial charge in [-0.2, -0.15) is 0 Å². The molecule has 1 saturated heterocycles. The van der Waals surface area contributed by atoms with E-state index < -0.39 is 23.8 Å². The van der Waals surface area contributed by atoms with Crippen molar-refractivity contribution in [2.24, 2.45) is 0 Å². The van der Waals surface area contributed by atoms with Crippen LogP contribution in [-0.2, 0) is 23.8 Å². The molecule has 0 unspecified atom stereocenters. The third-order valence-electron chi connectivity index (χ3n) is 2.52. The van der Waals surface area contributed by atoms with Crippen LogP contribution in [0.2, 0.25) is 0 Å². The summed E-state index contributed by atoms with van der Waals surface area (Å²) in [5.41, 5.74) is -0.655. The maximum atomic E-state index is 10.9. The van der Waals surface area contributed by atoms with Gasteiger partial charge in [-0.25, -0.2) is 0 Å². The fourth-order valence-corrected chi connectivity index (χ4v) is 1.60. The molecule has 5 nitrogen and oxygen atoms in total. The number of carbonyl (C=O) groups is 2. The maximum Gasteiger partial charge on any atom is 0.305 e. The minimum atomic E-state index is -0.938. The zero-order valence-electron chi connectivity index (χ0n) is 9.40. The number of hydrogen-bond donors (Lipinski definition) is 0. The van der Waals surface area contributed by atoms with E-state index in [9.17, 15) is 9.59 Å². The Morgan fingerprint density at radius 2 is 1.73 bits per heavy atom. The van der Waals surface area contributed by atoms with Crippen LogP contribution in [0.15, 0.2) is 0 Å². The summed E-state index contributed by atoms with van der Waals surface area (Å²) in [5, 5.41) is 0. The molecule has 15 heavy (non-hydrogen) atoms. The lowest BCUT2D eigenvalue weighted by atomic mass is 10.0. The second kappa shape index (κ2) is 4.18. The molecule has 1 rings (SSSR count). The molecule has 0 radical (unpaired) electrons. The standard InChI is InChI=1S/C10H16O5/c1-5-10(6(2)15-10)9(13-7(3)11)14-8(4)12/h6,9H,5H2,1-4H3/t6-,10-/m0/s1. The van der Waals surface area contributed by atoms with Crippen LogP contribution < -0.4 is 0 Å². The Hall–Kier alpha value is -1.10. The number of esters is 2. The van der Waals surface area contributed by atoms with Gasteiger partial charge >= 0.3 is 11.9 Å². The van der Waals surface area contributed by atoms with Gasteiger partial charge in [-0.1, -0.05) is 6.92 Å². The third kappa shape index (κ3) is 2.47. The quantitative estimate of drug-likeness (QED) is 0.398. The van der Waals surface area contributed by atoms with Gasteiger partial charge in [0.1, 0.15) is 0 Å². The van der Waals surface area contributed by atoms with Crippen LogP contribution >= 0.6 is 0 Å². The molecule has 0 saturated carbocycles. The summed E-state index contributed by atoms with van der Waals surface area (Å²) in [7, 11) is 0. The van der Waals surface area contributed by atoms with E-state index in [4.69, 9.17) is 14.2 Å². The average molecular weight is 216 g/mol. The van der Waals surface area contributed by atoms with E-state index in [1.165, 1.54) is 13.8 Å². The first-order valence-corrected chi connectivity index (χ1v) is 4.94. The predicted octanol–water partition coefficient (Wildman–Crippen LogP) is 1.01. The Kier molecular flexibility index (Phi) is 3.34. The lowest BCUT2D eigenvalue weighted by Crippen LogP contribution is -2.38. The lowest BCUT2D eigenvalue weighted by molar-refractivity contribution is -0.198. The first-order valence-electron chi connectivity index (χ1n) is 4.94. The van der Waals surface area contributed by atoms with E-state index in [1.807, 2.05) is 13.8 Å². The third-order valence-corrected chi connectivity index (χ3v) is 2.52. The number of epoxide rings is 1. The molecule has 1 aliphatic heterocycles. The Bertz CT molecular complexity index is 255. The fourth-order valence-electron chi connectivity index (χ4n) is 1.60. The van der Waals surface area contributed by atoms with Crippen molar-refractivity contribution in [1.29, 1.82) is 0 Å². The molecule has 0 aromatic heterocycles. The van der Waals surface area contributed by atoms with Gasteiger partial charge in [0.2, 0.25) is 0 Å². The van der Waals surface area contributed by atoms with Crippen LogP contribution in [0.1, 0.15) is 34.1 Å². The van der Waals surface area contributed by atoms with Crippen molar-refractivity contribution in [3.8, 4) is 0 Å². The maximum absolute atomic E-state index is 10.9. The van der Waals surface area contributed by atoms with Gasteiger partial charge in [0, 0.05) is 13.8 Å².